The molecule has 0 bridgehead atoms. The predicted molar refractivity (Wildman–Crippen MR) is 72.9 cm³/mol. The Morgan fingerprint density at radius 3 is 2.67 bits per heavy atom. The quantitative estimate of drug-likeness (QED) is 0.864. The van der Waals surface area contributed by atoms with Crippen LogP contribution in [0.4, 0.5) is 4.39 Å². The fourth-order valence-corrected chi connectivity index (χ4v) is 2.56. The van der Waals surface area contributed by atoms with Crippen LogP contribution in [0, 0.1) is 11.7 Å². The number of nitrogens with zero attached hydrogens (tertiary/aromatic N) is 1. The second-order valence-corrected chi connectivity index (χ2v) is 5.12. The highest BCUT2D eigenvalue weighted by atomic mass is 19.1. The summed E-state index contributed by atoms with van der Waals surface area (Å²) in [6, 6.07) is 7.10. The average Bonchev–Trinajstić information content (AvgIpc) is 2.41. The highest BCUT2D eigenvalue weighted by molar-refractivity contribution is 5.17. The highest BCUT2D eigenvalue weighted by Crippen LogP contribution is 2.19. The third-order valence-electron chi connectivity index (χ3n) is 3.74. The summed E-state index contributed by atoms with van der Waals surface area (Å²) in [5.74, 6) is 0.717. The second kappa shape index (κ2) is 6.86. The molecule has 3 heteroatoms. The van der Waals surface area contributed by atoms with Gasteiger partial charge in [0, 0.05) is 12.1 Å². The van der Waals surface area contributed by atoms with Crippen molar-refractivity contribution >= 4 is 0 Å². The van der Waals surface area contributed by atoms with Crippen LogP contribution in [0.3, 0.4) is 0 Å². The van der Waals surface area contributed by atoms with E-state index in [1.54, 1.807) is 12.1 Å². The number of piperidine rings is 1. The van der Waals surface area contributed by atoms with Gasteiger partial charge in [0.2, 0.25) is 0 Å². The molecule has 1 N–H and O–H groups in total. The lowest BCUT2D eigenvalue weighted by atomic mass is 9.96. The van der Waals surface area contributed by atoms with Gasteiger partial charge in [-0.1, -0.05) is 25.1 Å². The molecule has 0 aliphatic carbocycles. The summed E-state index contributed by atoms with van der Waals surface area (Å²) in [4.78, 5) is 2.36. The summed E-state index contributed by atoms with van der Waals surface area (Å²) >= 11 is 0. The van der Waals surface area contributed by atoms with Gasteiger partial charge >= 0.3 is 0 Å². The van der Waals surface area contributed by atoms with Gasteiger partial charge in [0.05, 0.1) is 0 Å². The standard InChI is InChI=1S/C15H23FN2/c1-2-17-11-13-7-9-18(10-8-13)12-14-5-3-4-6-15(14)16/h3-6,13,17H,2,7-12H2,1H3. The topological polar surface area (TPSA) is 15.3 Å². The van der Waals surface area contributed by atoms with E-state index in [1.165, 1.54) is 12.8 Å². The van der Waals surface area contributed by atoms with E-state index in [2.05, 4.69) is 17.1 Å². The molecule has 1 fully saturated rings. The van der Waals surface area contributed by atoms with Crippen LogP contribution in [0.5, 0.6) is 0 Å². The smallest absolute Gasteiger partial charge is 0.127 e. The van der Waals surface area contributed by atoms with Crippen LogP contribution in [0.2, 0.25) is 0 Å². The Kier molecular flexibility index (Phi) is 5.14. The van der Waals surface area contributed by atoms with Crippen LogP contribution in [-0.2, 0) is 6.54 Å². The number of nitrogens with one attached hydrogen (secondary N) is 1. The van der Waals surface area contributed by atoms with Crippen molar-refractivity contribution in [2.75, 3.05) is 26.2 Å². The lowest BCUT2D eigenvalue weighted by Gasteiger charge is -2.32. The van der Waals surface area contributed by atoms with E-state index in [4.69, 9.17) is 0 Å². The first-order valence-electron chi connectivity index (χ1n) is 6.96. The van der Waals surface area contributed by atoms with E-state index >= 15 is 0 Å². The van der Waals surface area contributed by atoms with Crippen molar-refractivity contribution in [1.82, 2.24) is 10.2 Å². The number of benzene rings is 1. The Bertz CT molecular complexity index is 359. The van der Waals surface area contributed by atoms with Crippen molar-refractivity contribution in [2.24, 2.45) is 5.92 Å². The molecule has 0 aromatic heterocycles. The fraction of sp³-hybridized carbons (Fsp3) is 0.600. The molecule has 1 aromatic carbocycles. The lowest BCUT2D eigenvalue weighted by Crippen LogP contribution is -2.37. The van der Waals surface area contributed by atoms with Gasteiger partial charge in [-0.15, -0.1) is 0 Å². The molecule has 1 saturated heterocycles. The Morgan fingerprint density at radius 2 is 2.00 bits per heavy atom. The minimum Gasteiger partial charge on any atom is -0.317 e. The van der Waals surface area contributed by atoms with E-state index in [-0.39, 0.29) is 5.82 Å². The van der Waals surface area contributed by atoms with E-state index in [0.717, 1.165) is 44.2 Å². The van der Waals surface area contributed by atoms with Gasteiger partial charge in [-0.05, 0) is 51.0 Å². The van der Waals surface area contributed by atoms with Gasteiger partial charge in [-0.2, -0.15) is 0 Å². The Labute approximate surface area is 109 Å². The highest BCUT2D eigenvalue weighted by Gasteiger charge is 2.19. The number of rotatable bonds is 5. The van der Waals surface area contributed by atoms with E-state index in [1.807, 2.05) is 12.1 Å². The molecule has 0 saturated carbocycles. The molecule has 2 nitrogen and oxygen atoms in total. The average molecular weight is 250 g/mol. The third-order valence-corrected chi connectivity index (χ3v) is 3.74. The molecule has 2 rings (SSSR count). The molecular weight excluding hydrogens is 227 g/mol. The zero-order valence-corrected chi connectivity index (χ0v) is 11.2. The Balaban J connectivity index is 1.78. The molecule has 0 spiro atoms. The van der Waals surface area contributed by atoms with Crippen molar-refractivity contribution in [3.05, 3.63) is 35.6 Å². The molecule has 0 radical (unpaired) electrons. The maximum Gasteiger partial charge on any atom is 0.127 e. The minimum absolute atomic E-state index is 0.0766. The van der Waals surface area contributed by atoms with Gasteiger partial charge < -0.3 is 5.32 Å². The minimum atomic E-state index is -0.0766. The first-order valence-corrected chi connectivity index (χ1v) is 6.96. The van der Waals surface area contributed by atoms with Gasteiger partial charge in [0.15, 0.2) is 0 Å². The second-order valence-electron chi connectivity index (χ2n) is 5.12. The number of hydrogen-bond donors (Lipinski definition) is 1. The molecule has 18 heavy (non-hydrogen) atoms. The van der Waals surface area contributed by atoms with Crippen LogP contribution in [0.25, 0.3) is 0 Å². The van der Waals surface area contributed by atoms with Crippen molar-refractivity contribution in [1.29, 1.82) is 0 Å². The maximum atomic E-state index is 13.6. The van der Waals surface area contributed by atoms with Crippen molar-refractivity contribution in [3.8, 4) is 0 Å². The van der Waals surface area contributed by atoms with Gasteiger partial charge in [-0.3, -0.25) is 4.90 Å². The fourth-order valence-electron chi connectivity index (χ4n) is 2.56. The summed E-state index contributed by atoms with van der Waals surface area (Å²) in [6.45, 7) is 7.25. The first kappa shape index (κ1) is 13.5. The SMILES string of the molecule is CCNCC1CCN(Cc2ccccc2F)CC1. The Morgan fingerprint density at radius 1 is 1.28 bits per heavy atom. The van der Waals surface area contributed by atoms with Gasteiger partial charge in [-0.25, -0.2) is 4.39 Å². The zero-order valence-electron chi connectivity index (χ0n) is 11.2. The maximum absolute atomic E-state index is 13.6. The third kappa shape index (κ3) is 3.79. The summed E-state index contributed by atoms with van der Waals surface area (Å²) in [6.07, 6.45) is 2.45. The zero-order chi connectivity index (χ0) is 12.8. The van der Waals surface area contributed by atoms with Crippen LogP contribution in [0.15, 0.2) is 24.3 Å². The lowest BCUT2D eigenvalue weighted by molar-refractivity contribution is 0.174. The van der Waals surface area contributed by atoms with Crippen molar-refractivity contribution in [3.63, 3.8) is 0 Å². The first-order chi connectivity index (χ1) is 8.79. The van der Waals surface area contributed by atoms with Crippen molar-refractivity contribution < 1.29 is 4.39 Å². The van der Waals surface area contributed by atoms with Crippen molar-refractivity contribution in [2.45, 2.75) is 26.3 Å². The normalized spacial score (nSPS) is 18.1. The monoisotopic (exact) mass is 250 g/mol. The van der Waals surface area contributed by atoms with E-state index in [9.17, 15) is 4.39 Å². The number of likely N-dealkylation sites (tertiary alicyclic amines) is 1. The summed E-state index contributed by atoms with van der Waals surface area (Å²) < 4.78 is 13.6. The Hall–Kier alpha value is -0.930. The molecule has 100 valence electrons. The van der Waals surface area contributed by atoms with E-state index in [0.29, 0.717) is 0 Å². The van der Waals surface area contributed by atoms with E-state index < -0.39 is 0 Å². The summed E-state index contributed by atoms with van der Waals surface area (Å²) in [5.41, 5.74) is 0.822. The molecule has 1 aliphatic rings. The van der Waals surface area contributed by atoms with Crippen LogP contribution in [-0.4, -0.2) is 31.1 Å². The summed E-state index contributed by atoms with van der Waals surface area (Å²) in [5, 5.41) is 3.41. The van der Waals surface area contributed by atoms with Gasteiger partial charge in [0.25, 0.3) is 0 Å². The molecule has 0 amide bonds. The largest absolute Gasteiger partial charge is 0.317 e. The number of halogens is 1. The summed E-state index contributed by atoms with van der Waals surface area (Å²) in [7, 11) is 0. The van der Waals surface area contributed by atoms with Crippen LogP contribution >= 0.6 is 0 Å². The molecule has 1 aromatic rings. The van der Waals surface area contributed by atoms with Gasteiger partial charge in [0.1, 0.15) is 5.82 Å². The molecule has 0 atom stereocenters. The number of hydrogen-bond acceptors (Lipinski definition) is 2. The predicted octanol–water partition coefficient (Wildman–Crippen LogP) is 2.65. The van der Waals surface area contributed by atoms with Crippen LogP contribution < -0.4 is 5.32 Å². The van der Waals surface area contributed by atoms with Crippen LogP contribution in [0.1, 0.15) is 25.3 Å². The molecule has 1 aliphatic heterocycles. The molecule has 1 heterocycles. The molecular formula is C15H23FN2. The molecule has 0 unspecified atom stereocenters.